The highest BCUT2D eigenvalue weighted by Crippen LogP contribution is 2.33. The van der Waals surface area contributed by atoms with Crippen molar-refractivity contribution >= 4 is 17.3 Å². The van der Waals surface area contributed by atoms with E-state index in [2.05, 4.69) is 21.9 Å². The second-order valence-corrected chi connectivity index (χ2v) is 7.06. The lowest BCUT2D eigenvalue weighted by molar-refractivity contribution is -0.0174. The molecule has 2 aliphatic heterocycles. The fraction of sp³-hybridized carbons (Fsp3) is 0.400. The molecule has 0 radical (unpaired) electrons. The van der Waals surface area contributed by atoms with Gasteiger partial charge in [0, 0.05) is 60.6 Å². The summed E-state index contributed by atoms with van der Waals surface area (Å²) in [6.45, 7) is 5.68. The number of halogens is 1. The minimum absolute atomic E-state index is 0.311. The maximum Gasteiger partial charge on any atom is 0.189 e. The first-order chi connectivity index (χ1) is 12.7. The van der Waals surface area contributed by atoms with Gasteiger partial charge in [-0.25, -0.2) is 0 Å². The smallest absolute Gasteiger partial charge is 0.189 e. The van der Waals surface area contributed by atoms with Gasteiger partial charge in [-0.05, 0) is 24.3 Å². The summed E-state index contributed by atoms with van der Waals surface area (Å²) in [6, 6.07) is 12.2. The van der Waals surface area contributed by atoms with Crippen molar-refractivity contribution in [1.29, 1.82) is 0 Å². The molecule has 0 N–H and O–H groups in total. The van der Waals surface area contributed by atoms with Crippen LogP contribution in [0, 0.1) is 0 Å². The van der Waals surface area contributed by atoms with E-state index in [-0.39, 0.29) is 0 Å². The summed E-state index contributed by atoms with van der Waals surface area (Å²) in [6.07, 6.45) is 0. The molecule has 4 rings (SSSR count). The minimum Gasteiger partial charge on any atom is -0.497 e. The molecular formula is C20H23ClN2O3. The standard InChI is InChI=1S/C20H23ClN2O3/c1-24-19-4-2-3-18(11-19)23-7-5-22(6-8-23)12-15-9-17(21)10-16-13-25-14-26-20(15)16/h2-4,9-11H,5-8,12-14H2,1H3. The molecule has 2 aliphatic rings. The van der Waals surface area contributed by atoms with Gasteiger partial charge in [-0.3, -0.25) is 4.90 Å². The molecule has 0 amide bonds. The second kappa shape index (κ2) is 7.74. The number of methoxy groups -OCH3 is 1. The first-order valence-corrected chi connectivity index (χ1v) is 9.24. The molecular weight excluding hydrogens is 352 g/mol. The van der Waals surface area contributed by atoms with Gasteiger partial charge in [0.25, 0.3) is 0 Å². The Kier molecular flexibility index (Phi) is 5.20. The Morgan fingerprint density at radius 3 is 2.77 bits per heavy atom. The van der Waals surface area contributed by atoms with E-state index < -0.39 is 0 Å². The molecule has 0 bridgehead atoms. The fourth-order valence-corrected chi connectivity index (χ4v) is 3.85. The van der Waals surface area contributed by atoms with Gasteiger partial charge in [0.15, 0.2) is 6.79 Å². The van der Waals surface area contributed by atoms with Crippen LogP contribution < -0.4 is 14.4 Å². The number of anilines is 1. The first kappa shape index (κ1) is 17.5. The molecule has 0 saturated carbocycles. The third kappa shape index (κ3) is 3.75. The molecule has 0 unspecified atom stereocenters. The molecule has 1 fully saturated rings. The van der Waals surface area contributed by atoms with Crippen LogP contribution in [0.2, 0.25) is 5.02 Å². The van der Waals surface area contributed by atoms with E-state index in [1.807, 2.05) is 24.3 Å². The third-order valence-corrected chi connectivity index (χ3v) is 5.15. The van der Waals surface area contributed by atoms with Crippen LogP contribution >= 0.6 is 11.6 Å². The lowest BCUT2D eigenvalue weighted by atomic mass is 10.1. The SMILES string of the molecule is COc1cccc(N2CCN(Cc3cc(Cl)cc4c3OCOC4)CC2)c1. The number of ether oxygens (including phenoxy) is 3. The van der Waals surface area contributed by atoms with Crippen LogP contribution in [0.1, 0.15) is 11.1 Å². The normalized spacial score (nSPS) is 17.5. The van der Waals surface area contributed by atoms with Crippen molar-refractivity contribution < 1.29 is 14.2 Å². The molecule has 1 saturated heterocycles. The van der Waals surface area contributed by atoms with Crippen LogP contribution in [0.15, 0.2) is 36.4 Å². The van der Waals surface area contributed by atoms with Gasteiger partial charge in [-0.1, -0.05) is 17.7 Å². The summed E-state index contributed by atoms with van der Waals surface area (Å²) in [7, 11) is 1.70. The zero-order valence-corrected chi connectivity index (χ0v) is 15.7. The predicted molar refractivity (Wildman–Crippen MR) is 102 cm³/mol. The molecule has 0 atom stereocenters. The zero-order chi connectivity index (χ0) is 17.9. The summed E-state index contributed by atoms with van der Waals surface area (Å²) in [5.41, 5.74) is 3.39. The van der Waals surface area contributed by atoms with E-state index in [4.69, 9.17) is 25.8 Å². The van der Waals surface area contributed by atoms with Crippen molar-refractivity contribution in [3.05, 3.63) is 52.5 Å². The van der Waals surface area contributed by atoms with Gasteiger partial charge in [0.05, 0.1) is 13.7 Å². The molecule has 0 spiro atoms. The van der Waals surface area contributed by atoms with Crippen molar-refractivity contribution in [1.82, 2.24) is 4.90 Å². The molecule has 0 aromatic heterocycles. The molecule has 6 heteroatoms. The number of piperazine rings is 1. The van der Waals surface area contributed by atoms with Crippen LogP contribution in [0.4, 0.5) is 5.69 Å². The van der Waals surface area contributed by atoms with Crippen LogP contribution in [-0.4, -0.2) is 45.0 Å². The highest BCUT2D eigenvalue weighted by atomic mass is 35.5. The van der Waals surface area contributed by atoms with E-state index in [9.17, 15) is 0 Å². The average Bonchev–Trinajstić information content (AvgIpc) is 2.68. The average molecular weight is 375 g/mol. The molecule has 5 nitrogen and oxygen atoms in total. The van der Waals surface area contributed by atoms with Crippen LogP contribution in [0.25, 0.3) is 0 Å². The van der Waals surface area contributed by atoms with Gasteiger partial charge in [0.2, 0.25) is 0 Å². The maximum absolute atomic E-state index is 6.28. The molecule has 138 valence electrons. The maximum atomic E-state index is 6.28. The van der Waals surface area contributed by atoms with Gasteiger partial charge in [-0.15, -0.1) is 0 Å². The highest BCUT2D eigenvalue weighted by molar-refractivity contribution is 6.30. The highest BCUT2D eigenvalue weighted by Gasteiger charge is 2.22. The summed E-state index contributed by atoms with van der Waals surface area (Å²) < 4.78 is 16.4. The number of rotatable bonds is 4. The second-order valence-electron chi connectivity index (χ2n) is 6.63. The number of fused-ring (bicyclic) bond motifs is 1. The number of hydrogen-bond acceptors (Lipinski definition) is 5. The van der Waals surface area contributed by atoms with E-state index >= 15 is 0 Å². The quantitative estimate of drug-likeness (QED) is 0.817. The molecule has 2 heterocycles. The summed E-state index contributed by atoms with van der Waals surface area (Å²) in [5, 5.41) is 0.739. The largest absolute Gasteiger partial charge is 0.497 e. The fourth-order valence-electron chi connectivity index (χ4n) is 3.59. The predicted octanol–water partition coefficient (Wildman–Crippen LogP) is 3.54. The van der Waals surface area contributed by atoms with E-state index in [0.717, 1.165) is 60.4 Å². The lowest BCUT2D eigenvalue weighted by Crippen LogP contribution is -2.46. The van der Waals surface area contributed by atoms with E-state index in [1.165, 1.54) is 5.69 Å². The van der Waals surface area contributed by atoms with E-state index in [1.54, 1.807) is 7.11 Å². The Hall–Kier alpha value is -1.95. The van der Waals surface area contributed by atoms with Crippen LogP contribution in [0.5, 0.6) is 11.5 Å². The summed E-state index contributed by atoms with van der Waals surface area (Å²) >= 11 is 6.28. The van der Waals surface area contributed by atoms with Gasteiger partial charge in [0.1, 0.15) is 11.5 Å². The van der Waals surface area contributed by atoms with Crippen molar-refractivity contribution in [2.45, 2.75) is 13.2 Å². The molecule has 2 aromatic carbocycles. The molecule has 26 heavy (non-hydrogen) atoms. The Balaban J connectivity index is 1.42. The van der Waals surface area contributed by atoms with Crippen molar-refractivity contribution in [3.63, 3.8) is 0 Å². The number of benzene rings is 2. The summed E-state index contributed by atoms with van der Waals surface area (Å²) in [5.74, 6) is 1.84. The Bertz CT molecular complexity index is 776. The van der Waals surface area contributed by atoms with E-state index in [0.29, 0.717) is 13.4 Å². The summed E-state index contributed by atoms with van der Waals surface area (Å²) in [4.78, 5) is 4.85. The lowest BCUT2D eigenvalue weighted by Gasteiger charge is -2.36. The minimum atomic E-state index is 0.311. The van der Waals surface area contributed by atoms with Gasteiger partial charge >= 0.3 is 0 Å². The Labute approximate surface area is 159 Å². The Morgan fingerprint density at radius 1 is 1.12 bits per heavy atom. The monoisotopic (exact) mass is 374 g/mol. The van der Waals surface area contributed by atoms with Crippen molar-refractivity contribution in [2.75, 3.05) is 45.0 Å². The van der Waals surface area contributed by atoms with Gasteiger partial charge in [-0.2, -0.15) is 0 Å². The van der Waals surface area contributed by atoms with Gasteiger partial charge < -0.3 is 19.1 Å². The topological polar surface area (TPSA) is 34.2 Å². The number of nitrogens with zero attached hydrogens (tertiary/aromatic N) is 2. The van der Waals surface area contributed by atoms with Crippen molar-refractivity contribution in [2.24, 2.45) is 0 Å². The number of hydrogen-bond donors (Lipinski definition) is 0. The van der Waals surface area contributed by atoms with Crippen molar-refractivity contribution in [3.8, 4) is 11.5 Å². The first-order valence-electron chi connectivity index (χ1n) is 8.86. The third-order valence-electron chi connectivity index (χ3n) is 4.94. The van der Waals surface area contributed by atoms with Crippen LogP contribution in [0.3, 0.4) is 0 Å². The Morgan fingerprint density at radius 2 is 1.96 bits per heavy atom. The zero-order valence-electron chi connectivity index (χ0n) is 14.9. The molecule has 2 aromatic rings. The van der Waals surface area contributed by atoms with Crippen LogP contribution in [-0.2, 0) is 17.9 Å². The molecule has 0 aliphatic carbocycles.